The molecule has 8 nitrogen and oxygen atoms in total. The zero-order chi connectivity index (χ0) is 25.2. The lowest BCUT2D eigenvalue weighted by molar-refractivity contribution is -0.159. The van der Waals surface area contributed by atoms with Crippen molar-refractivity contribution in [3.05, 3.63) is 37.8 Å². The number of aromatic nitrogens is 2. The zero-order valence-corrected chi connectivity index (χ0v) is 20.5. The summed E-state index contributed by atoms with van der Waals surface area (Å²) < 4.78 is 46.3. The van der Waals surface area contributed by atoms with E-state index in [2.05, 4.69) is 9.84 Å². The van der Waals surface area contributed by atoms with Crippen molar-refractivity contribution in [3.63, 3.8) is 0 Å². The van der Waals surface area contributed by atoms with Crippen molar-refractivity contribution in [2.45, 2.75) is 25.7 Å². The predicted octanol–water partition coefficient (Wildman–Crippen LogP) is 5.10. The number of hydrogen-bond acceptors (Lipinski definition) is 7. The van der Waals surface area contributed by atoms with Gasteiger partial charge in [-0.3, -0.25) is 4.79 Å². The van der Waals surface area contributed by atoms with Crippen LogP contribution >= 0.6 is 46.4 Å². The SMILES string of the molecule is CC(=O)OC1COCC1OC(=O)/C(Cl)=C/c1cc(-c2nn(C)c(OC(F)F)c2Cl)c(Cl)cc1Cl. The van der Waals surface area contributed by atoms with E-state index in [1.807, 2.05) is 0 Å². The van der Waals surface area contributed by atoms with E-state index in [1.165, 1.54) is 32.2 Å². The Hall–Kier alpha value is -2.11. The summed E-state index contributed by atoms with van der Waals surface area (Å²) in [6.07, 6.45) is -0.376. The van der Waals surface area contributed by atoms with Crippen molar-refractivity contribution >= 4 is 64.4 Å². The Labute approximate surface area is 212 Å². The fourth-order valence-electron chi connectivity index (χ4n) is 3.06. The van der Waals surface area contributed by atoms with Gasteiger partial charge in [-0.15, -0.1) is 0 Å². The average molecular weight is 560 g/mol. The van der Waals surface area contributed by atoms with Crippen LogP contribution in [0.5, 0.6) is 5.88 Å². The van der Waals surface area contributed by atoms with Crippen LogP contribution in [0, 0.1) is 0 Å². The molecule has 1 saturated heterocycles. The molecular weight excluding hydrogens is 544 g/mol. The molecule has 14 heteroatoms. The normalized spacial score (nSPS) is 18.3. The lowest BCUT2D eigenvalue weighted by Crippen LogP contribution is -2.33. The summed E-state index contributed by atoms with van der Waals surface area (Å²) >= 11 is 24.8. The standard InChI is InChI=1S/C20H16Cl4F2N2O6/c1-8(29)32-14-6-31-7-15(14)33-19(30)13(23)4-9-3-10(12(22)5-11(9)21)17-16(24)18(28(2)27-17)34-20(25)26/h3-5,14-15,20H,6-7H2,1-2H3/b13-4-. The van der Waals surface area contributed by atoms with Gasteiger partial charge in [-0.2, -0.15) is 13.9 Å². The monoisotopic (exact) mass is 558 g/mol. The summed E-state index contributed by atoms with van der Waals surface area (Å²) in [6, 6.07) is 2.76. The number of esters is 2. The number of aryl methyl sites for hydroxylation is 1. The molecule has 3 rings (SSSR count). The second-order valence-electron chi connectivity index (χ2n) is 6.94. The van der Waals surface area contributed by atoms with E-state index < -0.39 is 30.8 Å². The minimum Gasteiger partial charge on any atom is -0.456 e. The molecule has 0 aliphatic carbocycles. The minimum absolute atomic E-state index is 0.0287. The van der Waals surface area contributed by atoms with Gasteiger partial charge in [0.1, 0.15) is 15.7 Å². The second-order valence-corrected chi connectivity index (χ2v) is 8.54. The molecule has 0 bridgehead atoms. The lowest BCUT2D eigenvalue weighted by atomic mass is 10.1. The minimum atomic E-state index is -3.12. The number of carbonyl (C=O) groups excluding carboxylic acids is 2. The van der Waals surface area contributed by atoms with Gasteiger partial charge in [0.2, 0.25) is 5.88 Å². The van der Waals surface area contributed by atoms with E-state index in [0.29, 0.717) is 0 Å². The van der Waals surface area contributed by atoms with E-state index in [-0.39, 0.29) is 56.0 Å². The van der Waals surface area contributed by atoms with Crippen LogP contribution in [-0.4, -0.2) is 53.8 Å². The highest BCUT2D eigenvalue weighted by molar-refractivity contribution is 6.44. The highest BCUT2D eigenvalue weighted by atomic mass is 35.5. The van der Waals surface area contributed by atoms with Gasteiger partial charge in [0.05, 0.1) is 18.2 Å². The van der Waals surface area contributed by atoms with Gasteiger partial charge < -0.3 is 18.9 Å². The molecular formula is C20H16Cl4F2N2O6. The fourth-order valence-corrected chi connectivity index (χ4v) is 4.06. The van der Waals surface area contributed by atoms with Crippen molar-refractivity contribution in [2.75, 3.05) is 13.2 Å². The summed E-state index contributed by atoms with van der Waals surface area (Å²) in [4.78, 5) is 23.6. The Balaban J connectivity index is 1.88. The Bertz CT molecular complexity index is 1140. The maximum absolute atomic E-state index is 12.7. The first kappa shape index (κ1) is 26.5. The molecule has 1 aromatic carbocycles. The summed E-state index contributed by atoms with van der Waals surface area (Å²) in [6.45, 7) is -1.79. The first-order chi connectivity index (χ1) is 16.0. The van der Waals surface area contributed by atoms with E-state index in [0.717, 1.165) is 4.68 Å². The van der Waals surface area contributed by atoms with Crippen LogP contribution < -0.4 is 4.74 Å². The number of nitrogens with zero attached hydrogens (tertiary/aromatic N) is 2. The second kappa shape index (κ2) is 11.1. The molecule has 0 N–H and O–H groups in total. The third kappa shape index (κ3) is 6.11. The quantitative estimate of drug-likeness (QED) is 0.344. The highest BCUT2D eigenvalue weighted by Crippen LogP contribution is 2.40. The molecule has 1 fully saturated rings. The fraction of sp³-hybridized carbons (Fsp3) is 0.350. The molecule has 2 heterocycles. The summed E-state index contributed by atoms with van der Waals surface area (Å²) in [5, 5.41) is 3.76. The van der Waals surface area contributed by atoms with E-state index in [4.69, 9.17) is 60.6 Å². The average Bonchev–Trinajstić information content (AvgIpc) is 3.28. The third-order valence-corrected chi connectivity index (χ3v) is 5.76. The van der Waals surface area contributed by atoms with Crippen LogP contribution in [0.1, 0.15) is 12.5 Å². The molecule has 2 aromatic rings. The number of alkyl halides is 2. The number of hydrogen-bond donors (Lipinski definition) is 0. The van der Waals surface area contributed by atoms with Crippen molar-refractivity contribution in [3.8, 4) is 17.1 Å². The highest BCUT2D eigenvalue weighted by Gasteiger charge is 2.34. The van der Waals surface area contributed by atoms with Gasteiger partial charge in [-0.25, -0.2) is 9.48 Å². The van der Waals surface area contributed by atoms with E-state index >= 15 is 0 Å². The van der Waals surface area contributed by atoms with Gasteiger partial charge >= 0.3 is 18.6 Å². The molecule has 184 valence electrons. The van der Waals surface area contributed by atoms with Crippen LogP contribution in [0.25, 0.3) is 17.3 Å². The van der Waals surface area contributed by atoms with Gasteiger partial charge in [-0.05, 0) is 23.8 Å². The van der Waals surface area contributed by atoms with Gasteiger partial charge in [0.15, 0.2) is 12.2 Å². The van der Waals surface area contributed by atoms with Crippen LogP contribution in [0.3, 0.4) is 0 Å². The number of carbonyl (C=O) groups is 2. The largest absolute Gasteiger partial charge is 0.456 e. The Kier molecular flexibility index (Phi) is 8.64. The van der Waals surface area contributed by atoms with Gasteiger partial charge in [0.25, 0.3) is 0 Å². The molecule has 0 spiro atoms. The number of halogens is 6. The molecule has 34 heavy (non-hydrogen) atoms. The molecule has 1 aliphatic heterocycles. The van der Waals surface area contributed by atoms with Crippen molar-refractivity contribution in [1.82, 2.24) is 9.78 Å². The molecule has 0 saturated carbocycles. The Morgan fingerprint density at radius 2 is 1.82 bits per heavy atom. The summed E-state index contributed by atoms with van der Waals surface area (Å²) in [7, 11) is 1.36. The van der Waals surface area contributed by atoms with Crippen LogP contribution in [-0.2, 0) is 30.8 Å². The molecule has 1 aromatic heterocycles. The third-order valence-electron chi connectivity index (χ3n) is 4.51. The van der Waals surface area contributed by atoms with Crippen LogP contribution in [0.4, 0.5) is 8.78 Å². The van der Waals surface area contributed by atoms with Crippen molar-refractivity contribution in [2.24, 2.45) is 7.05 Å². The van der Waals surface area contributed by atoms with Crippen LogP contribution in [0.15, 0.2) is 17.2 Å². The smallest absolute Gasteiger partial charge is 0.388 e. The van der Waals surface area contributed by atoms with E-state index in [9.17, 15) is 18.4 Å². The van der Waals surface area contributed by atoms with Crippen molar-refractivity contribution in [1.29, 1.82) is 0 Å². The first-order valence-electron chi connectivity index (χ1n) is 9.47. The Morgan fingerprint density at radius 1 is 1.18 bits per heavy atom. The molecule has 0 amide bonds. The zero-order valence-electron chi connectivity index (χ0n) is 17.5. The lowest BCUT2D eigenvalue weighted by Gasteiger charge is -2.17. The van der Waals surface area contributed by atoms with Gasteiger partial charge in [-0.1, -0.05) is 46.4 Å². The Morgan fingerprint density at radius 3 is 2.44 bits per heavy atom. The molecule has 2 atom stereocenters. The number of rotatable bonds is 7. The van der Waals surface area contributed by atoms with Gasteiger partial charge in [0, 0.05) is 24.6 Å². The topological polar surface area (TPSA) is 88.9 Å². The molecule has 0 radical (unpaired) electrons. The maximum Gasteiger partial charge on any atom is 0.388 e. The summed E-state index contributed by atoms with van der Waals surface area (Å²) in [5.74, 6) is -1.82. The molecule has 2 unspecified atom stereocenters. The summed E-state index contributed by atoms with van der Waals surface area (Å²) in [5.41, 5.74) is 0.501. The number of benzene rings is 1. The maximum atomic E-state index is 12.7. The molecule has 1 aliphatic rings. The number of ether oxygens (including phenoxy) is 4. The van der Waals surface area contributed by atoms with E-state index in [1.54, 1.807) is 0 Å². The van der Waals surface area contributed by atoms with Crippen molar-refractivity contribution < 1.29 is 37.3 Å². The van der Waals surface area contributed by atoms with Crippen LogP contribution in [0.2, 0.25) is 15.1 Å². The first-order valence-corrected chi connectivity index (χ1v) is 11.0. The predicted molar refractivity (Wildman–Crippen MR) is 120 cm³/mol.